The molecule has 0 aromatic rings. The molecule has 56 valence electrons. The Bertz CT molecular complexity index is 184. The van der Waals surface area contributed by atoms with Crippen molar-refractivity contribution in [1.82, 2.24) is 0 Å². The monoisotopic (exact) mass is 145 g/mol. The number of esters is 1. The van der Waals surface area contributed by atoms with Crippen LogP contribution in [-0.2, 0) is 9.53 Å². The zero-order chi connectivity index (χ0) is 7.78. The van der Waals surface area contributed by atoms with Crippen molar-refractivity contribution in [2.24, 2.45) is 0 Å². The zero-order valence-corrected chi connectivity index (χ0v) is 5.49. The highest BCUT2D eigenvalue weighted by atomic mass is 16.6. The molecule has 1 fully saturated rings. The summed E-state index contributed by atoms with van der Waals surface area (Å²) in [6.45, 7) is 0. The predicted molar refractivity (Wildman–Crippen MR) is 31.0 cm³/mol. The van der Waals surface area contributed by atoms with Crippen LogP contribution in [0.1, 0.15) is 12.8 Å². The molecule has 1 saturated carbocycles. The van der Waals surface area contributed by atoms with E-state index in [0.29, 0.717) is 12.8 Å². The van der Waals surface area contributed by atoms with Crippen LogP contribution in [-0.4, -0.2) is 23.5 Å². The maximum atomic E-state index is 10.7. The maximum Gasteiger partial charge on any atom is 0.384 e. The summed E-state index contributed by atoms with van der Waals surface area (Å²) in [6.07, 6.45) is 0.624. The average Bonchev–Trinajstić information content (AvgIpc) is 2.65. The summed E-state index contributed by atoms with van der Waals surface area (Å²) < 4.78 is 4.26. The number of carbonyl (C=O) groups excluding carboxylic acids is 1. The minimum Gasteiger partial charge on any atom is -0.464 e. The molecule has 0 aromatic carbocycles. The van der Waals surface area contributed by atoms with E-state index in [2.05, 4.69) is 4.74 Å². The molecule has 0 aliphatic heterocycles. The summed E-state index contributed by atoms with van der Waals surface area (Å²) in [7, 11) is 1.16. The van der Waals surface area contributed by atoms with E-state index >= 15 is 0 Å². The molecule has 0 aromatic heterocycles. The molecule has 0 spiro atoms. The molecule has 0 heterocycles. The highest BCUT2D eigenvalue weighted by Gasteiger charge is 2.64. The fraction of sp³-hybridized carbons (Fsp3) is 0.800. The SMILES string of the molecule is COC(=O)C1([N+](=O)[O-])CC1. The minimum atomic E-state index is -1.38. The lowest BCUT2D eigenvalue weighted by molar-refractivity contribution is -0.525. The number of nitro groups is 1. The molecule has 0 bridgehead atoms. The molecule has 0 atom stereocenters. The van der Waals surface area contributed by atoms with Crippen molar-refractivity contribution in [2.45, 2.75) is 18.4 Å². The number of nitrogens with zero attached hydrogens (tertiary/aromatic N) is 1. The topological polar surface area (TPSA) is 69.4 Å². The van der Waals surface area contributed by atoms with Gasteiger partial charge in [0.1, 0.15) is 0 Å². The van der Waals surface area contributed by atoms with Crippen molar-refractivity contribution in [3.63, 3.8) is 0 Å². The van der Waals surface area contributed by atoms with Gasteiger partial charge in [0.2, 0.25) is 0 Å². The van der Waals surface area contributed by atoms with Gasteiger partial charge in [-0.25, -0.2) is 4.79 Å². The first-order chi connectivity index (χ1) is 4.63. The van der Waals surface area contributed by atoms with Gasteiger partial charge in [0, 0.05) is 17.8 Å². The Morgan fingerprint density at radius 2 is 2.20 bits per heavy atom. The van der Waals surface area contributed by atoms with Gasteiger partial charge in [-0.15, -0.1) is 0 Å². The first kappa shape index (κ1) is 6.98. The van der Waals surface area contributed by atoms with Crippen LogP contribution in [0.5, 0.6) is 0 Å². The largest absolute Gasteiger partial charge is 0.464 e. The standard InChI is InChI=1S/C5H7NO4/c1-10-4(7)5(2-3-5)6(8)9/h2-3H2,1H3. The van der Waals surface area contributed by atoms with Gasteiger partial charge in [0.15, 0.2) is 0 Å². The second kappa shape index (κ2) is 1.93. The van der Waals surface area contributed by atoms with Crippen LogP contribution in [0.15, 0.2) is 0 Å². The molecule has 10 heavy (non-hydrogen) atoms. The Balaban J connectivity index is 2.69. The van der Waals surface area contributed by atoms with E-state index in [1.165, 1.54) is 0 Å². The van der Waals surface area contributed by atoms with Crippen molar-refractivity contribution in [2.75, 3.05) is 7.11 Å². The highest BCUT2D eigenvalue weighted by Crippen LogP contribution is 2.39. The fourth-order valence-electron chi connectivity index (χ4n) is 0.770. The normalized spacial score (nSPS) is 19.7. The van der Waals surface area contributed by atoms with Crippen LogP contribution in [0.4, 0.5) is 0 Å². The number of ether oxygens (including phenoxy) is 1. The second-order valence-corrected chi connectivity index (χ2v) is 2.28. The third-order valence-electron chi connectivity index (χ3n) is 1.64. The quantitative estimate of drug-likeness (QED) is 0.311. The van der Waals surface area contributed by atoms with Crippen molar-refractivity contribution in [3.05, 3.63) is 10.1 Å². The lowest BCUT2D eigenvalue weighted by Gasteiger charge is -2.01. The summed E-state index contributed by atoms with van der Waals surface area (Å²) in [5, 5.41) is 10.2. The van der Waals surface area contributed by atoms with Gasteiger partial charge < -0.3 is 4.74 Å². The van der Waals surface area contributed by atoms with E-state index in [4.69, 9.17) is 0 Å². The summed E-state index contributed by atoms with van der Waals surface area (Å²) in [4.78, 5) is 20.3. The molecule has 1 aliphatic rings. The van der Waals surface area contributed by atoms with Gasteiger partial charge in [-0.1, -0.05) is 0 Å². The molecule has 1 aliphatic carbocycles. The number of hydrogen-bond acceptors (Lipinski definition) is 4. The smallest absolute Gasteiger partial charge is 0.384 e. The number of rotatable bonds is 2. The summed E-state index contributed by atoms with van der Waals surface area (Å²) in [6, 6.07) is 0. The van der Waals surface area contributed by atoms with Crippen LogP contribution >= 0.6 is 0 Å². The first-order valence-corrected chi connectivity index (χ1v) is 2.86. The van der Waals surface area contributed by atoms with E-state index in [0.717, 1.165) is 7.11 Å². The lowest BCUT2D eigenvalue weighted by atomic mass is 10.3. The van der Waals surface area contributed by atoms with E-state index in [-0.39, 0.29) is 0 Å². The third-order valence-corrected chi connectivity index (χ3v) is 1.64. The van der Waals surface area contributed by atoms with Crippen molar-refractivity contribution in [3.8, 4) is 0 Å². The lowest BCUT2D eigenvalue weighted by Crippen LogP contribution is -2.32. The fourth-order valence-corrected chi connectivity index (χ4v) is 0.770. The molecule has 5 heteroatoms. The Morgan fingerprint density at radius 1 is 1.70 bits per heavy atom. The highest BCUT2D eigenvalue weighted by molar-refractivity contribution is 5.82. The van der Waals surface area contributed by atoms with Gasteiger partial charge in [-0.3, -0.25) is 10.1 Å². The molecule has 1 rings (SSSR count). The Morgan fingerprint density at radius 3 is 2.30 bits per heavy atom. The third kappa shape index (κ3) is 0.741. The van der Waals surface area contributed by atoms with Crippen molar-refractivity contribution < 1.29 is 14.5 Å². The van der Waals surface area contributed by atoms with E-state index in [9.17, 15) is 14.9 Å². The number of hydrogen-bond donors (Lipinski definition) is 0. The Hall–Kier alpha value is -1.13. The maximum absolute atomic E-state index is 10.7. The molecular formula is C5H7NO4. The minimum absolute atomic E-state index is 0.312. The van der Waals surface area contributed by atoms with Gasteiger partial charge in [-0.2, -0.15) is 0 Å². The Kier molecular flexibility index (Phi) is 1.35. The van der Waals surface area contributed by atoms with Gasteiger partial charge >= 0.3 is 11.5 Å². The van der Waals surface area contributed by atoms with Crippen LogP contribution in [0, 0.1) is 10.1 Å². The molecule has 0 radical (unpaired) electrons. The number of carbonyl (C=O) groups is 1. The molecule has 5 nitrogen and oxygen atoms in total. The van der Waals surface area contributed by atoms with Crippen molar-refractivity contribution >= 4 is 5.97 Å². The summed E-state index contributed by atoms with van der Waals surface area (Å²) in [5.74, 6) is -0.725. The molecular weight excluding hydrogens is 138 g/mol. The summed E-state index contributed by atoms with van der Waals surface area (Å²) >= 11 is 0. The van der Waals surface area contributed by atoms with E-state index in [1.54, 1.807) is 0 Å². The van der Waals surface area contributed by atoms with Crippen LogP contribution in [0.2, 0.25) is 0 Å². The molecule has 0 saturated heterocycles. The van der Waals surface area contributed by atoms with Crippen molar-refractivity contribution in [1.29, 1.82) is 0 Å². The predicted octanol–water partition coefficient (Wildman–Crippen LogP) is -0.0313. The van der Waals surface area contributed by atoms with Crippen LogP contribution < -0.4 is 0 Å². The van der Waals surface area contributed by atoms with E-state index < -0.39 is 16.4 Å². The van der Waals surface area contributed by atoms with Gasteiger partial charge in [-0.05, 0) is 0 Å². The van der Waals surface area contributed by atoms with Crippen LogP contribution in [0.3, 0.4) is 0 Å². The Labute approximate surface area is 57.1 Å². The zero-order valence-electron chi connectivity index (χ0n) is 5.49. The van der Waals surface area contributed by atoms with Crippen LogP contribution in [0.25, 0.3) is 0 Å². The summed E-state index contributed by atoms with van der Waals surface area (Å²) in [5.41, 5.74) is -1.38. The molecule has 0 amide bonds. The van der Waals surface area contributed by atoms with Gasteiger partial charge in [0.25, 0.3) is 0 Å². The average molecular weight is 145 g/mol. The van der Waals surface area contributed by atoms with E-state index in [1.807, 2.05) is 0 Å². The number of methoxy groups -OCH3 is 1. The molecule has 0 N–H and O–H groups in total. The molecule has 0 unspecified atom stereocenters. The second-order valence-electron chi connectivity index (χ2n) is 2.28. The van der Waals surface area contributed by atoms with Gasteiger partial charge in [0.05, 0.1) is 7.11 Å². The first-order valence-electron chi connectivity index (χ1n) is 2.86.